The van der Waals surface area contributed by atoms with E-state index in [9.17, 15) is 18.3 Å². The number of hydrogen-bond donors (Lipinski definition) is 1. The molecule has 1 aliphatic rings. The Labute approximate surface area is 171 Å². The van der Waals surface area contributed by atoms with Crippen LogP contribution in [0.2, 0.25) is 0 Å². The van der Waals surface area contributed by atoms with Gasteiger partial charge in [0, 0.05) is 25.8 Å². The Morgan fingerprint density at radius 3 is 2.77 bits per heavy atom. The number of sulfonamides is 1. The summed E-state index contributed by atoms with van der Waals surface area (Å²) in [6, 6.07) is 1.42. The van der Waals surface area contributed by atoms with Gasteiger partial charge < -0.3 is 14.6 Å². The molecule has 8 nitrogen and oxygen atoms in total. The summed E-state index contributed by atoms with van der Waals surface area (Å²) in [6.07, 6.45) is 2.73. The predicted molar refractivity (Wildman–Crippen MR) is 71.8 cm³/mol. The Morgan fingerprint density at radius 1 is 1.55 bits per heavy atom. The second-order valence-electron chi connectivity index (χ2n) is 4.80. The van der Waals surface area contributed by atoms with Gasteiger partial charge in [-0.05, 0) is 25.3 Å². The number of rotatable bonds is 8. The molecule has 0 saturated heterocycles. The molecule has 0 radical (unpaired) electrons. The van der Waals surface area contributed by atoms with Crippen molar-refractivity contribution in [3.63, 3.8) is 0 Å². The van der Waals surface area contributed by atoms with Gasteiger partial charge in [0.05, 0.1) is 16.9 Å². The topological polar surface area (TPSA) is 121 Å². The van der Waals surface area contributed by atoms with Crippen LogP contribution in [-0.2, 0) is 19.6 Å². The molecule has 0 bridgehead atoms. The summed E-state index contributed by atoms with van der Waals surface area (Å²) in [5, 5.41) is 10.7. The Hall–Kier alpha value is -0.104. The Bertz CT molecular complexity index is 621. The van der Waals surface area contributed by atoms with E-state index in [0.29, 0.717) is 12.8 Å². The molecule has 22 heavy (non-hydrogen) atoms. The summed E-state index contributed by atoms with van der Waals surface area (Å²) in [4.78, 5) is 18.9. The molecule has 1 saturated carbocycles. The van der Waals surface area contributed by atoms with E-state index >= 15 is 0 Å². The minimum absolute atomic E-state index is 0. The van der Waals surface area contributed by atoms with Crippen LogP contribution < -0.4 is 61.2 Å². The SMILES string of the molecule is COCCC(C(=O)[O-])c1ccnc(NS(=O)(=O)C2CC2)n1.[K+]. The molecule has 1 unspecified atom stereocenters. The largest absolute Gasteiger partial charge is 1.00 e. The molecular formula is C12H16KN3O5S. The number of methoxy groups -OCH3 is 1. The van der Waals surface area contributed by atoms with Crippen LogP contribution in [0.5, 0.6) is 0 Å². The van der Waals surface area contributed by atoms with Crippen LogP contribution in [-0.4, -0.2) is 43.3 Å². The van der Waals surface area contributed by atoms with Crippen molar-refractivity contribution in [3.05, 3.63) is 18.0 Å². The van der Waals surface area contributed by atoms with Crippen molar-refractivity contribution in [1.82, 2.24) is 9.97 Å². The van der Waals surface area contributed by atoms with Crippen molar-refractivity contribution in [1.29, 1.82) is 0 Å². The van der Waals surface area contributed by atoms with E-state index in [1.807, 2.05) is 0 Å². The molecule has 1 aromatic rings. The number of carboxylic acids is 1. The van der Waals surface area contributed by atoms with E-state index in [4.69, 9.17) is 4.74 Å². The Morgan fingerprint density at radius 2 is 2.23 bits per heavy atom. The molecule has 1 atom stereocenters. The van der Waals surface area contributed by atoms with Gasteiger partial charge in [-0.15, -0.1) is 0 Å². The molecule has 0 spiro atoms. The summed E-state index contributed by atoms with van der Waals surface area (Å²) in [6.45, 7) is 0.228. The number of ether oxygens (including phenoxy) is 1. The van der Waals surface area contributed by atoms with Gasteiger partial charge in [0.25, 0.3) is 0 Å². The molecule has 0 aliphatic heterocycles. The first-order valence-electron chi connectivity index (χ1n) is 6.48. The first-order chi connectivity index (χ1) is 9.94. The summed E-state index contributed by atoms with van der Waals surface area (Å²) >= 11 is 0. The van der Waals surface area contributed by atoms with Gasteiger partial charge in [0.2, 0.25) is 16.0 Å². The number of hydrogen-bond acceptors (Lipinski definition) is 7. The smallest absolute Gasteiger partial charge is 0.549 e. The third-order valence-corrected chi connectivity index (χ3v) is 4.94. The molecular weight excluding hydrogens is 337 g/mol. The van der Waals surface area contributed by atoms with Crippen molar-refractivity contribution in [3.8, 4) is 0 Å². The van der Waals surface area contributed by atoms with E-state index in [1.165, 1.54) is 19.4 Å². The monoisotopic (exact) mass is 353 g/mol. The minimum atomic E-state index is -3.48. The zero-order chi connectivity index (χ0) is 15.5. The maximum Gasteiger partial charge on any atom is 1.00 e. The van der Waals surface area contributed by atoms with E-state index in [0.717, 1.165) is 0 Å². The molecule has 0 amide bonds. The van der Waals surface area contributed by atoms with Crippen LogP contribution in [0, 0.1) is 0 Å². The summed E-state index contributed by atoms with van der Waals surface area (Å²) in [5.74, 6) is -2.39. The number of carboxylic acid groups (broad SMARTS) is 1. The van der Waals surface area contributed by atoms with Gasteiger partial charge in [0.15, 0.2) is 0 Å². The minimum Gasteiger partial charge on any atom is -0.549 e. The Kier molecular flexibility index (Phi) is 7.86. The van der Waals surface area contributed by atoms with Gasteiger partial charge in [-0.1, -0.05) is 0 Å². The molecule has 1 heterocycles. The first kappa shape index (κ1) is 19.9. The molecule has 1 fully saturated rings. The summed E-state index contributed by atoms with van der Waals surface area (Å²) < 4.78 is 30.7. The molecule has 10 heteroatoms. The second kappa shape index (κ2) is 8.67. The molecule has 1 aliphatic carbocycles. The van der Waals surface area contributed by atoms with E-state index in [2.05, 4.69) is 14.7 Å². The number of carbonyl (C=O) groups is 1. The standard InChI is InChI=1S/C12H17N3O5S.K/c1-20-7-5-9(11(16)17)10-4-6-13-12(14-10)15-21(18,19)8-2-3-8;/h4,6,8-9H,2-3,5,7H2,1H3,(H,16,17)(H,13,14,15);/q;+1/p-1. The van der Waals surface area contributed by atoms with Crippen molar-refractivity contribution in [2.75, 3.05) is 18.4 Å². The number of carbonyl (C=O) groups excluding carboxylic acids is 1. The van der Waals surface area contributed by atoms with Gasteiger partial charge >= 0.3 is 51.4 Å². The zero-order valence-electron chi connectivity index (χ0n) is 12.5. The third-order valence-electron chi connectivity index (χ3n) is 3.13. The van der Waals surface area contributed by atoms with Crippen molar-refractivity contribution >= 4 is 21.9 Å². The van der Waals surface area contributed by atoms with Gasteiger partial charge in [-0.2, -0.15) is 0 Å². The fourth-order valence-corrected chi connectivity index (χ4v) is 3.10. The van der Waals surface area contributed by atoms with Crippen LogP contribution in [0.1, 0.15) is 30.9 Å². The maximum absolute atomic E-state index is 11.8. The molecule has 1 N–H and O–H groups in total. The quantitative estimate of drug-likeness (QED) is 0.477. The third kappa shape index (κ3) is 5.51. The van der Waals surface area contributed by atoms with E-state index < -0.39 is 27.2 Å². The van der Waals surface area contributed by atoms with Crippen LogP contribution in [0.25, 0.3) is 0 Å². The number of aromatic nitrogens is 2. The van der Waals surface area contributed by atoms with Crippen molar-refractivity contribution in [2.24, 2.45) is 0 Å². The number of aliphatic carboxylic acids is 1. The van der Waals surface area contributed by atoms with Gasteiger partial charge in [0.1, 0.15) is 0 Å². The second-order valence-corrected chi connectivity index (χ2v) is 6.77. The first-order valence-corrected chi connectivity index (χ1v) is 8.03. The number of anilines is 1. The zero-order valence-corrected chi connectivity index (χ0v) is 16.4. The van der Waals surface area contributed by atoms with E-state index in [1.54, 1.807) is 0 Å². The maximum atomic E-state index is 11.8. The molecule has 2 rings (SSSR count). The number of nitrogens with one attached hydrogen (secondary N) is 1. The van der Waals surface area contributed by atoms with Crippen LogP contribution in [0.4, 0.5) is 5.95 Å². The predicted octanol–water partition coefficient (Wildman–Crippen LogP) is -3.75. The molecule has 1 aromatic heterocycles. The number of nitrogens with zero attached hydrogens (tertiary/aromatic N) is 2. The normalized spacial score (nSPS) is 15.7. The fraction of sp³-hybridized carbons (Fsp3) is 0.583. The van der Waals surface area contributed by atoms with Crippen LogP contribution in [0.3, 0.4) is 0 Å². The average Bonchev–Trinajstić information content (AvgIpc) is 3.23. The fourth-order valence-electron chi connectivity index (χ4n) is 1.83. The van der Waals surface area contributed by atoms with Crippen LogP contribution in [0.15, 0.2) is 12.3 Å². The van der Waals surface area contributed by atoms with Gasteiger partial charge in [-0.3, -0.25) is 4.72 Å². The average molecular weight is 353 g/mol. The summed E-state index contributed by atoms with van der Waals surface area (Å²) in [7, 11) is -2.02. The van der Waals surface area contributed by atoms with E-state index in [-0.39, 0.29) is 76.1 Å². The molecule has 0 aromatic carbocycles. The molecule has 116 valence electrons. The van der Waals surface area contributed by atoms with Crippen molar-refractivity contribution in [2.45, 2.75) is 30.4 Å². The van der Waals surface area contributed by atoms with Gasteiger partial charge in [-0.25, -0.2) is 18.4 Å². The summed E-state index contributed by atoms with van der Waals surface area (Å²) in [5.41, 5.74) is 0.190. The van der Waals surface area contributed by atoms with Crippen molar-refractivity contribution < 1.29 is 74.4 Å². The van der Waals surface area contributed by atoms with Crippen LogP contribution >= 0.6 is 0 Å². The Balaban J connectivity index is 0.00000242.